The van der Waals surface area contributed by atoms with E-state index in [0.717, 1.165) is 43.4 Å². The number of ether oxygens (including phenoxy) is 2. The minimum absolute atomic E-state index is 0. The van der Waals surface area contributed by atoms with Crippen LogP contribution in [0.5, 0.6) is 5.75 Å². The van der Waals surface area contributed by atoms with Gasteiger partial charge in [-0.15, -0.1) is 0 Å². The number of fused-ring (bicyclic) bond motifs is 3. The molecule has 0 aliphatic carbocycles. The molecule has 3 saturated heterocycles. The average molecular weight is 605 g/mol. The second-order valence-electron chi connectivity index (χ2n) is 10.3. The van der Waals surface area contributed by atoms with Crippen LogP contribution < -0.4 is 26.6 Å². The van der Waals surface area contributed by atoms with Gasteiger partial charge in [0.05, 0.1) is 38.5 Å². The van der Waals surface area contributed by atoms with Crippen molar-refractivity contribution in [1.82, 2.24) is 0 Å². The number of anilines is 1. The maximum Gasteiger partial charge on any atom is 0.415 e. The lowest BCUT2D eigenvalue weighted by Crippen LogP contribution is -3.00. The molecule has 0 N–H and O–H groups in total. The van der Waals surface area contributed by atoms with Crippen molar-refractivity contribution in [2.45, 2.75) is 31.9 Å². The quantitative estimate of drug-likeness (QED) is 0.278. The molecule has 9 heteroatoms. The minimum atomic E-state index is -0.612. The Morgan fingerprint density at radius 3 is 2.26 bits per heavy atom. The molecular weight excluding hydrogens is 573 g/mol. The van der Waals surface area contributed by atoms with E-state index in [4.69, 9.17) is 9.47 Å². The lowest BCUT2D eigenvalue weighted by atomic mass is 9.83. The van der Waals surface area contributed by atoms with E-state index in [-0.39, 0.29) is 58.6 Å². The van der Waals surface area contributed by atoms with Crippen molar-refractivity contribution in [3.63, 3.8) is 0 Å². The molecule has 0 saturated carbocycles. The monoisotopic (exact) mass is 604 g/mol. The van der Waals surface area contributed by atoms with Crippen LogP contribution in [-0.2, 0) is 11.3 Å². The molecule has 3 fully saturated rings. The Balaban J connectivity index is 0.00000353. The summed E-state index contributed by atoms with van der Waals surface area (Å²) in [6, 6.07) is 18.2. The van der Waals surface area contributed by atoms with Gasteiger partial charge in [-0.1, -0.05) is 36.4 Å². The normalized spacial score (nSPS) is 21.6. The molecule has 3 aliphatic heterocycles. The van der Waals surface area contributed by atoms with Gasteiger partial charge in [0.2, 0.25) is 0 Å². The van der Waals surface area contributed by atoms with Crippen molar-refractivity contribution >= 4 is 11.8 Å². The predicted octanol–water partition coefficient (Wildman–Crippen LogP) is 3.33. The highest BCUT2D eigenvalue weighted by Gasteiger charge is 2.47. The van der Waals surface area contributed by atoms with Gasteiger partial charge >= 0.3 is 6.09 Å². The molecule has 3 aliphatic rings. The third-order valence-corrected chi connectivity index (χ3v) is 7.78. The van der Waals surface area contributed by atoms with Crippen molar-refractivity contribution in [1.29, 1.82) is 0 Å². The Hall–Kier alpha value is -3.04. The molecule has 1 amide bonds. The molecule has 208 valence electrons. The van der Waals surface area contributed by atoms with E-state index in [0.29, 0.717) is 18.7 Å². The average Bonchev–Trinajstić information content (AvgIpc) is 2.93. The molecule has 3 heterocycles. The van der Waals surface area contributed by atoms with Crippen LogP contribution in [0.3, 0.4) is 0 Å². The van der Waals surface area contributed by atoms with Crippen LogP contribution >= 0.6 is 0 Å². The van der Waals surface area contributed by atoms with Crippen molar-refractivity contribution in [3.05, 3.63) is 95.8 Å². The fourth-order valence-electron chi connectivity index (χ4n) is 5.70. The molecule has 0 unspecified atom stereocenters. The second kappa shape index (κ2) is 12.9. The first-order chi connectivity index (χ1) is 18.4. The van der Waals surface area contributed by atoms with Gasteiger partial charge in [-0.25, -0.2) is 18.0 Å². The Morgan fingerprint density at radius 1 is 0.897 bits per heavy atom. The minimum Gasteiger partial charge on any atom is -1.00 e. The van der Waals surface area contributed by atoms with Crippen LogP contribution in [0.4, 0.5) is 23.7 Å². The molecule has 6 rings (SSSR count). The van der Waals surface area contributed by atoms with Crippen LogP contribution in [0, 0.1) is 23.4 Å². The van der Waals surface area contributed by atoms with Gasteiger partial charge in [0.1, 0.15) is 18.2 Å². The maximum absolute atomic E-state index is 14.7. The number of nitrogens with zero attached hydrogens (tertiary/aromatic N) is 2. The van der Waals surface area contributed by atoms with Gasteiger partial charge in [-0.2, -0.15) is 0 Å². The Kier molecular flexibility index (Phi) is 9.56. The number of hydrogen-bond donors (Lipinski definition) is 0. The van der Waals surface area contributed by atoms with E-state index in [1.165, 1.54) is 29.2 Å². The Morgan fingerprint density at radius 2 is 1.56 bits per heavy atom. The van der Waals surface area contributed by atoms with Crippen LogP contribution in [-0.4, -0.2) is 49.5 Å². The van der Waals surface area contributed by atoms with Crippen LogP contribution in [0.2, 0.25) is 0 Å². The van der Waals surface area contributed by atoms with Crippen molar-refractivity contribution < 1.29 is 48.9 Å². The largest absolute Gasteiger partial charge is 1.00 e. The first kappa shape index (κ1) is 29.0. The molecule has 0 aromatic heterocycles. The van der Waals surface area contributed by atoms with E-state index in [9.17, 15) is 18.0 Å². The van der Waals surface area contributed by atoms with Crippen molar-refractivity contribution in [2.24, 2.45) is 5.92 Å². The lowest BCUT2D eigenvalue weighted by Gasteiger charge is -2.52. The van der Waals surface area contributed by atoms with Gasteiger partial charge in [-0.05, 0) is 42.0 Å². The zero-order chi connectivity index (χ0) is 26.5. The Labute approximate surface area is 237 Å². The zero-order valence-corrected chi connectivity index (χ0v) is 23.2. The molecule has 0 spiro atoms. The molecule has 0 radical (unpaired) electrons. The standard InChI is InChI=1S/C30H32F3N2O3.BrH/c31-24-12-10-22(11-13-24)20-34(27-8-3-1-6-25(27)32)30(36)38-29-21-35(17-14-23(29)15-18-35)16-5-19-37-28-9-4-2-7-26(28)33;/h1-4,6-13,23,29H,5,14-21H2;1H/q+1;/p-1/t23?,29-,35?;/m0./s1. The number of carbonyl (C=O) groups excluding carboxylic acids is 1. The maximum atomic E-state index is 14.7. The van der Waals surface area contributed by atoms with Gasteiger partial charge in [0.25, 0.3) is 0 Å². The van der Waals surface area contributed by atoms with E-state index < -0.39 is 11.9 Å². The Bertz CT molecular complexity index is 1250. The number of quaternary nitrogens is 1. The first-order valence-corrected chi connectivity index (χ1v) is 13.1. The third-order valence-electron chi connectivity index (χ3n) is 7.78. The lowest BCUT2D eigenvalue weighted by molar-refractivity contribution is -0.946. The van der Waals surface area contributed by atoms with Gasteiger partial charge < -0.3 is 30.9 Å². The SMILES string of the molecule is O=C(O[C@H]1C[N+]2(CCCOc3ccccc3F)CCC1CC2)N(Cc1ccc(F)cc1)c1ccccc1F.[Br-]. The number of hydrogen-bond acceptors (Lipinski definition) is 3. The van der Waals surface area contributed by atoms with Crippen molar-refractivity contribution in [2.75, 3.05) is 37.7 Å². The predicted molar refractivity (Wildman–Crippen MR) is 138 cm³/mol. The van der Waals surface area contributed by atoms with Crippen LogP contribution in [0.1, 0.15) is 24.8 Å². The summed E-state index contributed by atoms with van der Waals surface area (Å²) in [6.45, 7) is 4.02. The highest BCUT2D eigenvalue weighted by Crippen LogP contribution is 2.36. The number of amides is 1. The zero-order valence-electron chi connectivity index (χ0n) is 21.6. The second-order valence-corrected chi connectivity index (χ2v) is 10.3. The van der Waals surface area contributed by atoms with E-state index in [2.05, 4.69) is 0 Å². The molecule has 1 atom stereocenters. The van der Waals surface area contributed by atoms with Crippen molar-refractivity contribution in [3.8, 4) is 5.75 Å². The number of rotatable bonds is 9. The van der Waals surface area contributed by atoms with Gasteiger partial charge in [0, 0.05) is 25.2 Å². The first-order valence-electron chi connectivity index (χ1n) is 13.1. The topological polar surface area (TPSA) is 38.8 Å². The molecule has 39 heavy (non-hydrogen) atoms. The summed E-state index contributed by atoms with van der Waals surface area (Å²) in [5.74, 6) is -0.758. The fraction of sp³-hybridized carbons (Fsp3) is 0.367. The van der Waals surface area contributed by atoms with E-state index >= 15 is 0 Å². The molecular formula is C30H32BrF3N2O3. The summed E-state index contributed by atoms with van der Waals surface area (Å²) in [6.07, 6.45) is 1.76. The third kappa shape index (κ3) is 6.94. The summed E-state index contributed by atoms with van der Waals surface area (Å²) in [7, 11) is 0. The summed E-state index contributed by atoms with van der Waals surface area (Å²) >= 11 is 0. The molecule has 3 aromatic carbocycles. The summed E-state index contributed by atoms with van der Waals surface area (Å²) in [5, 5.41) is 0. The molecule has 5 nitrogen and oxygen atoms in total. The van der Waals surface area contributed by atoms with E-state index in [1.807, 2.05) is 0 Å². The fourth-order valence-corrected chi connectivity index (χ4v) is 5.70. The number of benzene rings is 3. The van der Waals surface area contributed by atoms with Crippen LogP contribution in [0.15, 0.2) is 72.8 Å². The smallest absolute Gasteiger partial charge is 0.415 e. The summed E-state index contributed by atoms with van der Waals surface area (Å²) < 4.78 is 54.5. The molecule has 2 bridgehead atoms. The number of carbonyl (C=O) groups is 1. The molecule has 3 aromatic rings. The van der Waals surface area contributed by atoms with E-state index in [1.54, 1.807) is 48.5 Å². The highest BCUT2D eigenvalue weighted by atomic mass is 79.9. The highest BCUT2D eigenvalue weighted by molar-refractivity contribution is 5.87. The van der Waals surface area contributed by atoms with Gasteiger partial charge in [-0.3, -0.25) is 4.90 Å². The number of halogens is 4. The summed E-state index contributed by atoms with van der Waals surface area (Å²) in [4.78, 5) is 14.8. The summed E-state index contributed by atoms with van der Waals surface area (Å²) in [5.41, 5.74) is 0.788. The van der Waals surface area contributed by atoms with Gasteiger partial charge in [0.15, 0.2) is 17.7 Å². The van der Waals surface area contributed by atoms with Crippen LogP contribution in [0.25, 0.3) is 0 Å². The number of para-hydroxylation sites is 2. The number of piperidine rings is 3.